The Bertz CT molecular complexity index is 670. The second kappa shape index (κ2) is 10.0. The zero-order valence-electron chi connectivity index (χ0n) is 16.1. The summed E-state index contributed by atoms with van der Waals surface area (Å²) in [7, 11) is 0. The molecule has 136 valence electrons. The quantitative estimate of drug-likeness (QED) is 0.626. The molecule has 4 heteroatoms. The van der Waals surface area contributed by atoms with Crippen LogP contribution in [0.25, 0.3) is 0 Å². The van der Waals surface area contributed by atoms with Crippen LogP contribution in [0.2, 0.25) is 0 Å². The Kier molecular flexibility index (Phi) is 7.71. The lowest BCUT2D eigenvalue weighted by Gasteiger charge is -2.13. The molecule has 0 aliphatic rings. The van der Waals surface area contributed by atoms with Crippen LogP contribution in [-0.4, -0.2) is 23.1 Å². The molecule has 0 bridgehead atoms. The number of hydrogen-bond donors (Lipinski definition) is 1. The van der Waals surface area contributed by atoms with Crippen molar-refractivity contribution >= 4 is 5.82 Å². The van der Waals surface area contributed by atoms with Crippen LogP contribution < -0.4 is 10.1 Å². The molecule has 0 radical (unpaired) electrons. The van der Waals surface area contributed by atoms with Crippen LogP contribution in [0.1, 0.15) is 55.5 Å². The number of aryl methyl sites for hydroxylation is 3. The van der Waals surface area contributed by atoms with Gasteiger partial charge >= 0.3 is 0 Å². The van der Waals surface area contributed by atoms with Gasteiger partial charge in [-0.05, 0) is 50.3 Å². The standard InChI is InChI=1S/C21H31N3O/c1-5-7-8-9-18-10-11-20(16(3)14-18)25-13-12-22-21-19(6-2)17(4)23-15-24-21/h10-11,14-15H,5-9,12-13H2,1-4H3,(H,22,23,24). The van der Waals surface area contributed by atoms with Crippen molar-refractivity contribution in [1.82, 2.24) is 9.97 Å². The second-order valence-corrected chi connectivity index (χ2v) is 6.47. The summed E-state index contributed by atoms with van der Waals surface area (Å²) in [4.78, 5) is 8.59. The molecule has 0 aliphatic carbocycles. The molecule has 1 aromatic heterocycles. The van der Waals surface area contributed by atoms with E-state index < -0.39 is 0 Å². The predicted molar refractivity (Wildman–Crippen MR) is 105 cm³/mol. The normalized spacial score (nSPS) is 10.7. The Balaban J connectivity index is 1.83. The van der Waals surface area contributed by atoms with Crippen molar-refractivity contribution in [1.29, 1.82) is 0 Å². The van der Waals surface area contributed by atoms with Crippen molar-refractivity contribution in [2.24, 2.45) is 0 Å². The molecule has 0 fully saturated rings. The lowest BCUT2D eigenvalue weighted by atomic mass is 10.0. The Morgan fingerprint density at radius 1 is 1.08 bits per heavy atom. The van der Waals surface area contributed by atoms with Gasteiger partial charge < -0.3 is 10.1 Å². The van der Waals surface area contributed by atoms with E-state index in [1.165, 1.54) is 36.0 Å². The average Bonchev–Trinajstić information content (AvgIpc) is 2.60. The van der Waals surface area contributed by atoms with E-state index in [-0.39, 0.29) is 0 Å². The second-order valence-electron chi connectivity index (χ2n) is 6.47. The van der Waals surface area contributed by atoms with Crippen LogP contribution in [0.5, 0.6) is 5.75 Å². The van der Waals surface area contributed by atoms with Gasteiger partial charge in [0.1, 0.15) is 24.5 Å². The Morgan fingerprint density at radius 2 is 1.92 bits per heavy atom. The maximum Gasteiger partial charge on any atom is 0.132 e. The largest absolute Gasteiger partial charge is 0.491 e. The highest BCUT2D eigenvalue weighted by Gasteiger charge is 2.06. The summed E-state index contributed by atoms with van der Waals surface area (Å²) < 4.78 is 5.94. The first-order valence-electron chi connectivity index (χ1n) is 9.42. The number of nitrogens with zero attached hydrogens (tertiary/aromatic N) is 2. The molecule has 2 rings (SSSR count). The first kappa shape index (κ1) is 19.2. The molecule has 2 aromatic rings. The van der Waals surface area contributed by atoms with Gasteiger partial charge in [0.2, 0.25) is 0 Å². The van der Waals surface area contributed by atoms with Crippen LogP contribution in [-0.2, 0) is 12.8 Å². The molecule has 0 saturated carbocycles. The van der Waals surface area contributed by atoms with Gasteiger partial charge in [0.25, 0.3) is 0 Å². The SMILES string of the molecule is CCCCCc1ccc(OCCNc2ncnc(C)c2CC)c(C)c1. The minimum Gasteiger partial charge on any atom is -0.491 e. The summed E-state index contributed by atoms with van der Waals surface area (Å²) >= 11 is 0. The zero-order chi connectivity index (χ0) is 18.1. The maximum atomic E-state index is 5.94. The Morgan fingerprint density at radius 3 is 2.64 bits per heavy atom. The van der Waals surface area contributed by atoms with Gasteiger partial charge in [-0.3, -0.25) is 0 Å². The van der Waals surface area contributed by atoms with Crippen LogP contribution in [0.3, 0.4) is 0 Å². The molecule has 0 aliphatic heterocycles. The lowest BCUT2D eigenvalue weighted by molar-refractivity contribution is 0.330. The molecule has 0 atom stereocenters. The van der Waals surface area contributed by atoms with Gasteiger partial charge in [0.15, 0.2) is 0 Å². The molecule has 4 nitrogen and oxygen atoms in total. The molecule has 0 saturated heterocycles. The highest BCUT2D eigenvalue weighted by molar-refractivity contribution is 5.45. The number of ether oxygens (including phenoxy) is 1. The summed E-state index contributed by atoms with van der Waals surface area (Å²) in [5.74, 6) is 1.89. The summed E-state index contributed by atoms with van der Waals surface area (Å²) in [5, 5.41) is 3.36. The molecule has 1 aromatic carbocycles. The fraction of sp³-hybridized carbons (Fsp3) is 0.524. The fourth-order valence-corrected chi connectivity index (χ4v) is 3.01. The molecular weight excluding hydrogens is 310 g/mol. The van der Waals surface area contributed by atoms with Gasteiger partial charge in [-0.1, -0.05) is 38.8 Å². The number of nitrogens with one attached hydrogen (secondary N) is 1. The van der Waals surface area contributed by atoms with Gasteiger partial charge in [-0.2, -0.15) is 0 Å². The van der Waals surface area contributed by atoms with Crippen molar-refractivity contribution in [3.63, 3.8) is 0 Å². The third-order valence-electron chi connectivity index (χ3n) is 4.47. The zero-order valence-corrected chi connectivity index (χ0v) is 16.1. The lowest BCUT2D eigenvalue weighted by Crippen LogP contribution is -2.14. The van der Waals surface area contributed by atoms with Crippen molar-refractivity contribution in [3.05, 3.63) is 46.9 Å². The minimum absolute atomic E-state index is 0.613. The number of benzene rings is 1. The van der Waals surface area contributed by atoms with Gasteiger partial charge in [-0.15, -0.1) is 0 Å². The third kappa shape index (κ3) is 5.73. The fourth-order valence-electron chi connectivity index (χ4n) is 3.01. The first-order valence-corrected chi connectivity index (χ1v) is 9.42. The number of anilines is 1. The van der Waals surface area contributed by atoms with Crippen molar-refractivity contribution in [2.75, 3.05) is 18.5 Å². The van der Waals surface area contributed by atoms with E-state index in [0.29, 0.717) is 6.61 Å². The van der Waals surface area contributed by atoms with E-state index in [1.807, 2.05) is 6.92 Å². The Hall–Kier alpha value is -2.10. The van der Waals surface area contributed by atoms with Crippen molar-refractivity contribution in [3.8, 4) is 5.75 Å². The highest BCUT2D eigenvalue weighted by Crippen LogP contribution is 2.20. The summed E-state index contributed by atoms with van der Waals surface area (Å²) in [6.45, 7) is 9.84. The number of aromatic nitrogens is 2. The van der Waals surface area contributed by atoms with Gasteiger partial charge in [0.05, 0.1) is 6.54 Å². The van der Waals surface area contributed by atoms with E-state index in [9.17, 15) is 0 Å². The van der Waals surface area contributed by atoms with Gasteiger partial charge in [0, 0.05) is 11.3 Å². The van der Waals surface area contributed by atoms with E-state index in [1.54, 1.807) is 6.33 Å². The van der Waals surface area contributed by atoms with Crippen LogP contribution in [0.15, 0.2) is 24.5 Å². The topological polar surface area (TPSA) is 47.0 Å². The van der Waals surface area contributed by atoms with Crippen LogP contribution >= 0.6 is 0 Å². The summed E-state index contributed by atoms with van der Waals surface area (Å²) in [6.07, 6.45) is 7.51. The number of rotatable bonds is 10. The first-order chi connectivity index (χ1) is 12.2. The van der Waals surface area contributed by atoms with Crippen molar-refractivity contribution < 1.29 is 4.74 Å². The highest BCUT2D eigenvalue weighted by atomic mass is 16.5. The number of hydrogen-bond acceptors (Lipinski definition) is 4. The molecular formula is C21H31N3O. The molecule has 1 heterocycles. The molecule has 25 heavy (non-hydrogen) atoms. The third-order valence-corrected chi connectivity index (χ3v) is 4.47. The van der Waals surface area contributed by atoms with Crippen molar-refractivity contribution in [2.45, 2.75) is 59.8 Å². The number of unbranched alkanes of at least 4 members (excludes halogenated alkanes) is 2. The van der Waals surface area contributed by atoms with Crippen LogP contribution in [0.4, 0.5) is 5.82 Å². The average molecular weight is 341 g/mol. The monoisotopic (exact) mass is 341 g/mol. The minimum atomic E-state index is 0.613. The van der Waals surface area contributed by atoms with E-state index >= 15 is 0 Å². The summed E-state index contributed by atoms with van der Waals surface area (Å²) in [6, 6.07) is 6.54. The summed E-state index contributed by atoms with van der Waals surface area (Å²) in [5.41, 5.74) is 4.83. The maximum absolute atomic E-state index is 5.94. The smallest absolute Gasteiger partial charge is 0.132 e. The molecule has 0 spiro atoms. The van der Waals surface area contributed by atoms with E-state index in [2.05, 4.69) is 54.3 Å². The van der Waals surface area contributed by atoms with E-state index in [4.69, 9.17) is 4.74 Å². The Labute approximate surface area is 152 Å². The molecule has 1 N–H and O–H groups in total. The molecule has 0 unspecified atom stereocenters. The van der Waals surface area contributed by atoms with E-state index in [0.717, 1.165) is 36.6 Å². The van der Waals surface area contributed by atoms with Gasteiger partial charge in [-0.25, -0.2) is 9.97 Å². The van der Waals surface area contributed by atoms with Crippen LogP contribution in [0, 0.1) is 13.8 Å². The molecule has 0 amide bonds. The predicted octanol–water partition coefficient (Wildman–Crippen LogP) is 4.88.